The van der Waals surface area contributed by atoms with Gasteiger partial charge < -0.3 is 11.1 Å². The van der Waals surface area contributed by atoms with E-state index in [0.29, 0.717) is 17.6 Å². The van der Waals surface area contributed by atoms with Gasteiger partial charge in [0.05, 0.1) is 12.1 Å². The van der Waals surface area contributed by atoms with Crippen molar-refractivity contribution in [3.63, 3.8) is 0 Å². The van der Waals surface area contributed by atoms with Crippen LogP contribution in [0, 0.1) is 0 Å². The second-order valence-corrected chi connectivity index (χ2v) is 5.70. The van der Waals surface area contributed by atoms with Crippen molar-refractivity contribution in [2.75, 3.05) is 19.6 Å². The van der Waals surface area contributed by atoms with Gasteiger partial charge >= 0.3 is 6.18 Å². The summed E-state index contributed by atoms with van der Waals surface area (Å²) in [6, 6.07) is 5.45. The largest absolute Gasteiger partial charge is 0.416 e. The molecule has 128 valence electrons. The van der Waals surface area contributed by atoms with Crippen molar-refractivity contribution < 1.29 is 13.2 Å². The first-order chi connectivity index (χ1) is 10.9. The third kappa shape index (κ3) is 5.13. The van der Waals surface area contributed by atoms with Gasteiger partial charge in [-0.05, 0) is 43.6 Å². The quantitative estimate of drug-likeness (QED) is 0.645. The lowest BCUT2D eigenvalue weighted by atomic mass is 10.1. The number of rotatable bonds is 5. The molecule has 23 heavy (non-hydrogen) atoms. The number of hydrogen-bond acceptors (Lipinski definition) is 2. The number of aliphatic imine (C=N–C) groups is 1. The summed E-state index contributed by atoms with van der Waals surface area (Å²) < 4.78 is 37.4. The number of alkyl halides is 3. The summed E-state index contributed by atoms with van der Waals surface area (Å²) in [7, 11) is 0. The molecule has 1 aliphatic heterocycles. The molecule has 1 aromatic carbocycles. The molecule has 1 aromatic rings. The summed E-state index contributed by atoms with van der Waals surface area (Å²) >= 11 is 0. The van der Waals surface area contributed by atoms with Crippen LogP contribution in [0.25, 0.3) is 0 Å². The molecule has 4 nitrogen and oxygen atoms in total. The van der Waals surface area contributed by atoms with Gasteiger partial charge in [0.25, 0.3) is 0 Å². The second kappa shape index (κ2) is 7.68. The van der Waals surface area contributed by atoms with Crippen molar-refractivity contribution in [1.29, 1.82) is 0 Å². The van der Waals surface area contributed by atoms with E-state index < -0.39 is 11.7 Å². The Hall–Kier alpha value is -1.76. The topological polar surface area (TPSA) is 53.6 Å². The molecule has 0 aromatic heterocycles. The lowest BCUT2D eigenvalue weighted by molar-refractivity contribution is -0.137. The Morgan fingerprint density at radius 3 is 2.65 bits per heavy atom. The Bertz CT molecular complexity index is 525. The van der Waals surface area contributed by atoms with Crippen LogP contribution < -0.4 is 11.1 Å². The maximum Gasteiger partial charge on any atom is 0.416 e. The molecule has 0 saturated carbocycles. The second-order valence-electron chi connectivity index (χ2n) is 5.70. The highest BCUT2D eigenvalue weighted by Gasteiger charge is 2.29. The molecule has 0 spiro atoms. The van der Waals surface area contributed by atoms with Gasteiger partial charge in [0.2, 0.25) is 0 Å². The molecule has 0 bridgehead atoms. The van der Waals surface area contributed by atoms with Crippen LogP contribution in [-0.4, -0.2) is 36.5 Å². The van der Waals surface area contributed by atoms with E-state index in [0.717, 1.165) is 38.2 Å². The average molecular weight is 328 g/mol. The Labute approximate surface area is 134 Å². The zero-order valence-corrected chi connectivity index (χ0v) is 13.2. The number of likely N-dealkylation sites (N-methyl/N-ethyl adjacent to an activating group) is 1. The monoisotopic (exact) mass is 328 g/mol. The minimum absolute atomic E-state index is 0.263. The molecule has 1 heterocycles. The molecule has 1 saturated heterocycles. The first-order valence-electron chi connectivity index (χ1n) is 7.84. The number of likely N-dealkylation sites (tertiary alicyclic amines) is 1. The summed E-state index contributed by atoms with van der Waals surface area (Å²) in [6.45, 7) is 5.29. The van der Waals surface area contributed by atoms with Crippen LogP contribution in [0.3, 0.4) is 0 Å². The van der Waals surface area contributed by atoms with E-state index in [1.54, 1.807) is 0 Å². The van der Waals surface area contributed by atoms with Crippen LogP contribution in [-0.2, 0) is 12.7 Å². The summed E-state index contributed by atoms with van der Waals surface area (Å²) in [5, 5.41) is 3.10. The van der Waals surface area contributed by atoms with Crippen molar-refractivity contribution in [2.45, 2.75) is 38.5 Å². The van der Waals surface area contributed by atoms with Crippen molar-refractivity contribution in [2.24, 2.45) is 10.7 Å². The SMILES string of the molecule is CCN1CCCC1CNC(N)=NCc1ccc(C(F)(F)F)cc1. The van der Waals surface area contributed by atoms with Crippen molar-refractivity contribution in [3.05, 3.63) is 35.4 Å². The van der Waals surface area contributed by atoms with Gasteiger partial charge in [-0.1, -0.05) is 19.1 Å². The summed E-state index contributed by atoms with van der Waals surface area (Å²) in [4.78, 5) is 6.58. The van der Waals surface area contributed by atoms with Gasteiger partial charge in [-0.25, -0.2) is 4.99 Å². The highest BCUT2D eigenvalue weighted by atomic mass is 19.4. The van der Waals surface area contributed by atoms with Crippen molar-refractivity contribution in [3.8, 4) is 0 Å². The van der Waals surface area contributed by atoms with Crippen LogP contribution in [0.1, 0.15) is 30.9 Å². The summed E-state index contributed by atoms with van der Waals surface area (Å²) in [6.07, 6.45) is -1.97. The summed E-state index contributed by atoms with van der Waals surface area (Å²) in [5.74, 6) is 0.327. The number of halogens is 3. The van der Waals surface area contributed by atoms with Gasteiger partial charge in [0, 0.05) is 12.6 Å². The molecule has 7 heteroatoms. The maximum atomic E-state index is 12.5. The molecule has 2 rings (SSSR count). The predicted octanol–water partition coefficient (Wildman–Crippen LogP) is 2.59. The Kier molecular flexibility index (Phi) is 5.87. The Morgan fingerprint density at radius 2 is 2.04 bits per heavy atom. The molecule has 1 unspecified atom stereocenters. The fraction of sp³-hybridized carbons (Fsp3) is 0.562. The number of guanidine groups is 1. The van der Waals surface area contributed by atoms with E-state index in [1.165, 1.54) is 18.6 Å². The van der Waals surface area contributed by atoms with Crippen LogP contribution in [0.5, 0.6) is 0 Å². The van der Waals surface area contributed by atoms with E-state index in [2.05, 4.69) is 22.1 Å². The van der Waals surface area contributed by atoms with Crippen LogP contribution in [0.15, 0.2) is 29.3 Å². The molecule has 1 fully saturated rings. The van der Waals surface area contributed by atoms with Crippen molar-refractivity contribution in [1.82, 2.24) is 10.2 Å². The molecule has 0 radical (unpaired) electrons. The molecular formula is C16H23F3N4. The first-order valence-corrected chi connectivity index (χ1v) is 7.84. The van der Waals surface area contributed by atoms with E-state index in [1.807, 2.05) is 0 Å². The lowest BCUT2D eigenvalue weighted by Gasteiger charge is -2.23. The molecule has 1 aliphatic rings. The van der Waals surface area contributed by atoms with Crippen LogP contribution in [0.2, 0.25) is 0 Å². The zero-order chi connectivity index (χ0) is 16.9. The van der Waals surface area contributed by atoms with Crippen molar-refractivity contribution >= 4 is 5.96 Å². The summed E-state index contributed by atoms with van der Waals surface area (Å²) in [5.41, 5.74) is 5.86. The highest BCUT2D eigenvalue weighted by Crippen LogP contribution is 2.29. The third-order valence-electron chi connectivity index (χ3n) is 4.14. The highest BCUT2D eigenvalue weighted by molar-refractivity contribution is 5.77. The molecular weight excluding hydrogens is 305 g/mol. The number of nitrogens with zero attached hydrogens (tertiary/aromatic N) is 2. The maximum absolute atomic E-state index is 12.5. The van der Waals surface area contributed by atoms with E-state index >= 15 is 0 Å². The number of nitrogens with two attached hydrogens (primary N) is 1. The average Bonchev–Trinajstić information content (AvgIpc) is 2.98. The minimum Gasteiger partial charge on any atom is -0.370 e. The number of hydrogen-bond donors (Lipinski definition) is 2. The standard InChI is InChI=1S/C16H23F3N4/c1-2-23-9-3-4-14(23)11-22-15(20)21-10-12-5-7-13(8-6-12)16(17,18)19/h5-8,14H,2-4,9-11H2,1H3,(H3,20,21,22). The van der Waals surface area contributed by atoms with E-state index in [-0.39, 0.29) is 6.54 Å². The Balaban J connectivity index is 1.82. The number of benzene rings is 1. The van der Waals surface area contributed by atoms with Gasteiger partial charge in [-0.2, -0.15) is 13.2 Å². The third-order valence-corrected chi connectivity index (χ3v) is 4.14. The molecule has 0 aliphatic carbocycles. The lowest BCUT2D eigenvalue weighted by Crippen LogP contribution is -2.42. The van der Waals surface area contributed by atoms with Gasteiger partial charge in [0.1, 0.15) is 0 Å². The fourth-order valence-electron chi connectivity index (χ4n) is 2.80. The van der Waals surface area contributed by atoms with E-state index in [4.69, 9.17) is 5.73 Å². The minimum atomic E-state index is -4.31. The predicted molar refractivity (Wildman–Crippen MR) is 85.0 cm³/mol. The Morgan fingerprint density at radius 1 is 1.35 bits per heavy atom. The zero-order valence-electron chi connectivity index (χ0n) is 13.2. The fourth-order valence-corrected chi connectivity index (χ4v) is 2.80. The van der Waals surface area contributed by atoms with Crippen LogP contribution in [0.4, 0.5) is 13.2 Å². The van der Waals surface area contributed by atoms with Gasteiger partial charge in [0.15, 0.2) is 5.96 Å². The van der Waals surface area contributed by atoms with Gasteiger partial charge in [-0.3, -0.25) is 4.90 Å². The van der Waals surface area contributed by atoms with Gasteiger partial charge in [-0.15, -0.1) is 0 Å². The normalized spacial score (nSPS) is 20.0. The van der Waals surface area contributed by atoms with Crippen LogP contribution >= 0.6 is 0 Å². The molecule has 1 atom stereocenters. The first kappa shape index (κ1) is 17.6. The smallest absolute Gasteiger partial charge is 0.370 e. The van der Waals surface area contributed by atoms with E-state index in [9.17, 15) is 13.2 Å². The molecule has 3 N–H and O–H groups in total. The number of nitrogens with one attached hydrogen (secondary N) is 1. The molecule has 0 amide bonds.